The number of rotatable bonds is 9. The number of hydrogen-bond acceptors (Lipinski definition) is 2. The second-order valence-electron chi connectivity index (χ2n) is 9.45. The molecule has 4 unspecified atom stereocenters. The quantitative estimate of drug-likeness (QED) is 0.461. The molecule has 0 aliphatic heterocycles. The maximum atomic E-state index is 11.1. The first-order valence-corrected chi connectivity index (χ1v) is 12.0. The first kappa shape index (κ1) is 22.0. The molecule has 1 fully saturated rings. The smallest absolute Gasteiger partial charge is 0.0595 e. The summed E-state index contributed by atoms with van der Waals surface area (Å²) < 4.78 is 0. The van der Waals surface area contributed by atoms with Gasteiger partial charge in [0, 0.05) is 11.3 Å². The van der Waals surface area contributed by atoms with Crippen molar-refractivity contribution in [2.45, 2.75) is 58.0 Å². The van der Waals surface area contributed by atoms with Crippen LogP contribution in [0.15, 0.2) is 72.8 Å². The first-order chi connectivity index (χ1) is 15.1. The van der Waals surface area contributed by atoms with Crippen LogP contribution in [0.5, 0.6) is 0 Å². The average molecular weight is 416 g/mol. The Kier molecular flexibility index (Phi) is 6.79. The van der Waals surface area contributed by atoms with Crippen molar-refractivity contribution < 1.29 is 5.11 Å². The molecule has 0 radical (unpaired) electrons. The summed E-state index contributed by atoms with van der Waals surface area (Å²) in [5, 5.41) is 11.1. The topological polar surface area (TPSA) is 46.2 Å². The highest BCUT2D eigenvalue weighted by Gasteiger charge is 2.59. The van der Waals surface area contributed by atoms with Gasteiger partial charge in [-0.15, -0.1) is 0 Å². The van der Waals surface area contributed by atoms with Gasteiger partial charge >= 0.3 is 0 Å². The third-order valence-electron chi connectivity index (χ3n) is 7.77. The molecular formula is C29H37NO. The zero-order valence-electron chi connectivity index (χ0n) is 18.9. The van der Waals surface area contributed by atoms with E-state index in [-0.39, 0.29) is 17.4 Å². The second-order valence-corrected chi connectivity index (χ2v) is 9.45. The van der Waals surface area contributed by atoms with E-state index in [9.17, 15) is 5.11 Å². The lowest BCUT2D eigenvalue weighted by Gasteiger charge is -2.37. The van der Waals surface area contributed by atoms with Gasteiger partial charge in [0.05, 0.1) is 6.10 Å². The molecule has 2 aliphatic rings. The van der Waals surface area contributed by atoms with Crippen LogP contribution in [-0.2, 0) is 0 Å². The Bertz CT molecular complexity index is 916. The Balaban J connectivity index is 1.84. The third-order valence-corrected chi connectivity index (χ3v) is 7.77. The predicted molar refractivity (Wildman–Crippen MR) is 131 cm³/mol. The summed E-state index contributed by atoms with van der Waals surface area (Å²) in [7, 11) is 0. The molecule has 0 heterocycles. The summed E-state index contributed by atoms with van der Waals surface area (Å²) in [6.45, 7) is 7.47. The minimum absolute atomic E-state index is 0.118. The highest BCUT2D eigenvalue weighted by Crippen LogP contribution is 2.67. The number of allylic oxidation sites excluding steroid dienone is 3. The molecule has 164 valence electrons. The normalized spacial score (nSPS) is 27.5. The van der Waals surface area contributed by atoms with Gasteiger partial charge in [-0.3, -0.25) is 0 Å². The Morgan fingerprint density at radius 2 is 1.71 bits per heavy atom. The van der Waals surface area contributed by atoms with Crippen molar-refractivity contribution in [3.63, 3.8) is 0 Å². The van der Waals surface area contributed by atoms with E-state index >= 15 is 0 Å². The molecule has 0 spiro atoms. The SMILES string of the molecule is C=C(c1ccccc1)C12CC(O)C(CN)C1CC(CCCCCC)=C2c1ccccc1. The maximum Gasteiger partial charge on any atom is 0.0595 e. The van der Waals surface area contributed by atoms with Crippen LogP contribution in [0.4, 0.5) is 0 Å². The van der Waals surface area contributed by atoms with E-state index in [2.05, 4.69) is 74.2 Å². The van der Waals surface area contributed by atoms with Gasteiger partial charge in [-0.1, -0.05) is 99.0 Å². The molecular weight excluding hydrogens is 378 g/mol. The number of unbranched alkanes of at least 4 members (excludes halogenated alkanes) is 3. The Labute approximate surface area is 187 Å². The van der Waals surface area contributed by atoms with Crippen molar-refractivity contribution in [2.75, 3.05) is 6.54 Å². The largest absolute Gasteiger partial charge is 0.393 e. The van der Waals surface area contributed by atoms with Gasteiger partial charge in [-0.2, -0.15) is 0 Å². The summed E-state index contributed by atoms with van der Waals surface area (Å²) in [5.41, 5.74) is 12.6. The van der Waals surface area contributed by atoms with E-state index in [1.807, 2.05) is 0 Å². The van der Waals surface area contributed by atoms with Crippen molar-refractivity contribution in [1.82, 2.24) is 0 Å². The van der Waals surface area contributed by atoms with E-state index in [0.717, 1.165) is 24.8 Å². The van der Waals surface area contributed by atoms with Crippen LogP contribution in [0.2, 0.25) is 0 Å². The molecule has 0 aromatic heterocycles. The molecule has 2 aliphatic carbocycles. The molecule has 2 aromatic rings. The molecule has 0 amide bonds. The number of nitrogens with two attached hydrogens (primary N) is 1. The molecule has 4 rings (SSSR count). The highest BCUT2D eigenvalue weighted by atomic mass is 16.3. The first-order valence-electron chi connectivity index (χ1n) is 12.0. The van der Waals surface area contributed by atoms with Crippen LogP contribution in [0.1, 0.15) is 63.0 Å². The Morgan fingerprint density at radius 1 is 1.03 bits per heavy atom. The van der Waals surface area contributed by atoms with Crippen molar-refractivity contribution in [2.24, 2.45) is 23.0 Å². The molecule has 2 heteroatoms. The van der Waals surface area contributed by atoms with Gasteiger partial charge in [0.25, 0.3) is 0 Å². The van der Waals surface area contributed by atoms with Crippen LogP contribution >= 0.6 is 0 Å². The third kappa shape index (κ3) is 3.92. The van der Waals surface area contributed by atoms with Crippen LogP contribution in [-0.4, -0.2) is 17.8 Å². The molecule has 0 bridgehead atoms. The molecule has 2 aromatic carbocycles. The fourth-order valence-electron chi connectivity index (χ4n) is 6.34. The molecule has 31 heavy (non-hydrogen) atoms. The van der Waals surface area contributed by atoms with E-state index in [1.54, 1.807) is 5.57 Å². The lowest BCUT2D eigenvalue weighted by Crippen LogP contribution is -2.31. The van der Waals surface area contributed by atoms with E-state index in [4.69, 9.17) is 5.73 Å². The molecule has 3 N–H and O–H groups in total. The Hall–Kier alpha value is -2.16. The standard InChI is InChI=1S/C29H37NO/c1-3-4-5-8-17-24-18-26-25(20-30)27(31)19-29(26,21(2)22-13-9-6-10-14-22)28(24)23-15-11-7-12-16-23/h6-7,9-16,25-27,31H,2-5,8,17-20,30H2,1H3. The zero-order chi connectivity index (χ0) is 21.8. The summed E-state index contributed by atoms with van der Waals surface area (Å²) in [5.74, 6) is 0.434. The predicted octanol–water partition coefficient (Wildman–Crippen LogP) is 6.47. The van der Waals surface area contributed by atoms with Crippen molar-refractivity contribution in [1.29, 1.82) is 0 Å². The Morgan fingerprint density at radius 3 is 2.35 bits per heavy atom. The van der Waals surface area contributed by atoms with E-state index in [1.165, 1.54) is 42.4 Å². The monoisotopic (exact) mass is 415 g/mol. The number of fused-ring (bicyclic) bond motifs is 1. The summed E-state index contributed by atoms with van der Waals surface area (Å²) in [6.07, 6.45) is 7.57. The van der Waals surface area contributed by atoms with E-state index < -0.39 is 0 Å². The van der Waals surface area contributed by atoms with Crippen LogP contribution in [0.3, 0.4) is 0 Å². The van der Waals surface area contributed by atoms with Crippen LogP contribution in [0, 0.1) is 17.3 Å². The lowest BCUT2D eigenvalue weighted by molar-refractivity contribution is 0.121. The van der Waals surface area contributed by atoms with Gasteiger partial charge in [0.1, 0.15) is 0 Å². The number of aliphatic hydroxyl groups is 1. The minimum atomic E-state index is -0.379. The fraction of sp³-hybridized carbons (Fsp3) is 0.448. The van der Waals surface area contributed by atoms with Gasteiger partial charge in [-0.05, 0) is 60.4 Å². The van der Waals surface area contributed by atoms with Gasteiger partial charge < -0.3 is 10.8 Å². The number of benzene rings is 2. The zero-order valence-corrected chi connectivity index (χ0v) is 18.9. The summed E-state index contributed by atoms with van der Waals surface area (Å²) >= 11 is 0. The molecule has 2 nitrogen and oxygen atoms in total. The van der Waals surface area contributed by atoms with Crippen molar-refractivity contribution in [3.8, 4) is 0 Å². The fourth-order valence-corrected chi connectivity index (χ4v) is 6.34. The van der Waals surface area contributed by atoms with Crippen LogP contribution < -0.4 is 5.73 Å². The number of hydrogen-bond donors (Lipinski definition) is 2. The van der Waals surface area contributed by atoms with Crippen molar-refractivity contribution in [3.05, 3.63) is 83.9 Å². The highest BCUT2D eigenvalue weighted by molar-refractivity contribution is 5.90. The van der Waals surface area contributed by atoms with Gasteiger partial charge in [-0.25, -0.2) is 0 Å². The van der Waals surface area contributed by atoms with Crippen LogP contribution in [0.25, 0.3) is 11.1 Å². The average Bonchev–Trinajstić information content (AvgIpc) is 3.26. The second kappa shape index (κ2) is 9.54. The number of aliphatic hydroxyl groups excluding tert-OH is 1. The summed E-state index contributed by atoms with van der Waals surface area (Å²) in [6, 6.07) is 21.4. The van der Waals surface area contributed by atoms with E-state index in [0.29, 0.717) is 12.5 Å². The molecule has 4 atom stereocenters. The lowest BCUT2D eigenvalue weighted by atomic mass is 9.65. The molecule has 1 saturated carbocycles. The van der Waals surface area contributed by atoms with Gasteiger partial charge in [0.15, 0.2) is 0 Å². The molecule has 0 saturated heterocycles. The van der Waals surface area contributed by atoms with Gasteiger partial charge in [0.2, 0.25) is 0 Å². The minimum Gasteiger partial charge on any atom is -0.393 e. The summed E-state index contributed by atoms with van der Waals surface area (Å²) in [4.78, 5) is 0. The maximum absolute atomic E-state index is 11.1. The van der Waals surface area contributed by atoms with Crippen molar-refractivity contribution >= 4 is 11.1 Å².